The lowest BCUT2D eigenvalue weighted by molar-refractivity contribution is 0.0298. The van der Waals surface area contributed by atoms with Gasteiger partial charge in [0.15, 0.2) is 9.84 Å². The van der Waals surface area contributed by atoms with Gasteiger partial charge in [-0.1, -0.05) is 48.9 Å². The monoisotopic (exact) mass is 516 g/mol. The van der Waals surface area contributed by atoms with E-state index in [-0.39, 0.29) is 38.8 Å². The predicted molar refractivity (Wildman–Crippen MR) is 129 cm³/mol. The maximum Gasteiger partial charge on any atom is 0.255 e. The van der Waals surface area contributed by atoms with Crippen molar-refractivity contribution in [3.8, 4) is 11.8 Å². The van der Waals surface area contributed by atoms with Crippen molar-refractivity contribution in [2.24, 2.45) is 0 Å². The maximum absolute atomic E-state index is 13.7. The van der Waals surface area contributed by atoms with Crippen molar-refractivity contribution < 1.29 is 27.8 Å². The number of aromatic hydroxyl groups is 1. The molecule has 0 aliphatic rings. The second-order valence-electron chi connectivity index (χ2n) is 7.81. The molecule has 0 saturated carbocycles. The van der Waals surface area contributed by atoms with Crippen LogP contribution in [0.4, 0.5) is 4.39 Å². The molecule has 182 valence electrons. The second kappa shape index (κ2) is 10.4. The van der Waals surface area contributed by atoms with Crippen molar-refractivity contribution in [1.29, 1.82) is 5.26 Å². The lowest BCUT2D eigenvalue weighted by Crippen LogP contribution is -2.48. The molecule has 2 unspecified atom stereocenters. The lowest BCUT2D eigenvalue weighted by atomic mass is 9.86. The average molecular weight is 517 g/mol. The minimum Gasteiger partial charge on any atom is -0.507 e. The molecule has 10 heteroatoms. The number of halogens is 2. The first kappa shape index (κ1) is 26.2. The van der Waals surface area contributed by atoms with E-state index in [1.165, 1.54) is 61.5 Å². The fraction of sp³-hybridized carbons (Fsp3) is 0.200. The summed E-state index contributed by atoms with van der Waals surface area (Å²) in [6.07, 6.45) is 0. The zero-order valence-electron chi connectivity index (χ0n) is 18.6. The molecule has 7 nitrogen and oxygen atoms in total. The van der Waals surface area contributed by atoms with Gasteiger partial charge in [0, 0.05) is 5.75 Å². The summed E-state index contributed by atoms with van der Waals surface area (Å²) in [7, 11) is -4.07. The Balaban J connectivity index is 2.16. The molecule has 0 radical (unpaired) electrons. The number of carbonyl (C=O) groups is 1. The van der Waals surface area contributed by atoms with Gasteiger partial charge in [-0.2, -0.15) is 5.26 Å². The van der Waals surface area contributed by atoms with Gasteiger partial charge in [-0.25, -0.2) is 12.8 Å². The fourth-order valence-electron chi connectivity index (χ4n) is 3.79. The molecule has 0 aliphatic carbocycles. The third kappa shape index (κ3) is 5.46. The first-order valence-corrected chi connectivity index (χ1v) is 12.6. The van der Waals surface area contributed by atoms with E-state index < -0.39 is 39.0 Å². The van der Waals surface area contributed by atoms with Gasteiger partial charge in [-0.15, -0.1) is 0 Å². The SMILES string of the molecule is CCS(=O)(=O)C(c1ccc(C#N)c(Cl)c1)C(O)(CNC(=O)c1ccccc1O)c1ccc(F)cc1. The number of nitrogens with zero attached hydrogens (tertiary/aromatic N) is 1. The van der Waals surface area contributed by atoms with Crippen LogP contribution in [0.1, 0.15) is 39.2 Å². The van der Waals surface area contributed by atoms with Gasteiger partial charge < -0.3 is 15.5 Å². The summed E-state index contributed by atoms with van der Waals surface area (Å²) in [6, 6.07) is 16.2. The highest BCUT2D eigenvalue weighted by Crippen LogP contribution is 2.42. The molecule has 3 rings (SSSR count). The number of hydrogen-bond acceptors (Lipinski definition) is 6. The summed E-state index contributed by atoms with van der Waals surface area (Å²) in [5.74, 6) is -2.03. The number of sulfone groups is 1. The number of aliphatic hydroxyl groups is 1. The molecular formula is C25H22ClFN2O5S. The Morgan fingerprint density at radius 3 is 2.40 bits per heavy atom. The summed E-state index contributed by atoms with van der Waals surface area (Å²) in [5.41, 5.74) is -2.13. The normalized spacial score (nSPS) is 13.9. The fourth-order valence-corrected chi connectivity index (χ4v) is 5.73. The Morgan fingerprint density at radius 2 is 1.83 bits per heavy atom. The lowest BCUT2D eigenvalue weighted by Gasteiger charge is -2.37. The van der Waals surface area contributed by atoms with Crippen LogP contribution in [0.3, 0.4) is 0 Å². The topological polar surface area (TPSA) is 127 Å². The van der Waals surface area contributed by atoms with Gasteiger partial charge in [-0.3, -0.25) is 4.79 Å². The molecular weight excluding hydrogens is 495 g/mol. The van der Waals surface area contributed by atoms with E-state index in [9.17, 15) is 33.1 Å². The Hall–Kier alpha value is -3.45. The van der Waals surface area contributed by atoms with Crippen molar-refractivity contribution in [1.82, 2.24) is 5.32 Å². The number of rotatable bonds is 8. The number of nitrogens with one attached hydrogen (secondary N) is 1. The highest BCUT2D eigenvalue weighted by molar-refractivity contribution is 7.91. The second-order valence-corrected chi connectivity index (χ2v) is 10.6. The van der Waals surface area contributed by atoms with E-state index in [2.05, 4.69) is 5.32 Å². The van der Waals surface area contributed by atoms with Gasteiger partial charge in [0.25, 0.3) is 5.91 Å². The molecule has 35 heavy (non-hydrogen) atoms. The first-order valence-electron chi connectivity index (χ1n) is 10.5. The molecule has 0 saturated heterocycles. The van der Waals surface area contributed by atoms with Crippen LogP contribution in [0.5, 0.6) is 5.75 Å². The van der Waals surface area contributed by atoms with Crippen molar-refractivity contribution in [2.45, 2.75) is 17.8 Å². The van der Waals surface area contributed by atoms with Crippen LogP contribution < -0.4 is 5.32 Å². The minimum absolute atomic E-state index is 0.0130. The first-order chi connectivity index (χ1) is 16.5. The third-order valence-corrected chi connectivity index (χ3v) is 8.12. The van der Waals surface area contributed by atoms with E-state index in [1.807, 2.05) is 6.07 Å². The number of nitriles is 1. The molecule has 3 N–H and O–H groups in total. The molecule has 3 aromatic carbocycles. The quantitative estimate of drug-likeness (QED) is 0.417. The predicted octanol–water partition coefficient (Wildman–Crippen LogP) is 3.85. The highest BCUT2D eigenvalue weighted by atomic mass is 35.5. The van der Waals surface area contributed by atoms with Crippen LogP contribution in [0.15, 0.2) is 66.7 Å². The van der Waals surface area contributed by atoms with Crippen LogP contribution in [-0.4, -0.2) is 36.8 Å². The molecule has 0 aliphatic heterocycles. The molecule has 0 fully saturated rings. The molecule has 0 bridgehead atoms. The number of carbonyl (C=O) groups excluding carboxylic acids is 1. The van der Waals surface area contributed by atoms with Crippen LogP contribution in [0.2, 0.25) is 5.02 Å². The van der Waals surface area contributed by atoms with Crippen LogP contribution >= 0.6 is 11.6 Å². The largest absolute Gasteiger partial charge is 0.507 e. The number of phenolic OH excluding ortho intramolecular Hbond substituents is 1. The van der Waals surface area contributed by atoms with Gasteiger partial charge in [0.1, 0.15) is 28.5 Å². The molecule has 0 spiro atoms. The summed E-state index contributed by atoms with van der Waals surface area (Å²) in [6.45, 7) is 0.798. The van der Waals surface area contributed by atoms with Crippen molar-refractivity contribution in [3.05, 3.63) is 99.8 Å². The number of phenols is 1. The number of benzene rings is 3. The molecule has 2 atom stereocenters. The van der Waals surface area contributed by atoms with E-state index >= 15 is 0 Å². The van der Waals surface area contributed by atoms with Gasteiger partial charge >= 0.3 is 0 Å². The van der Waals surface area contributed by atoms with E-state index in [0.29, 0.717) is 0 Å². The van der Waals surface area contributed by atoms with Gasteiger partial charge in [0.2, 0.25) is 0 Å². The van der Waals surface area contributed by atoms with Gasteiger partial charge in [0.05, 0.1) is 22.7 Å². The number of amides is 1. The summed E-state index contributed by atoms with van der Waals surface area (Å²) < 4.78 is 40.3. The van der Waals surface area contributed by atoms with E-state index in [0.717, 1.165) is 12.1 Å². The van der Waals surface area contributed by atoms with Crippen molar-refractivity contribution >= 4 is 27.3 Å². The highest BCUT2D eigenvalue weighted by Gasteiger charge is 2.47. The van der Waals surface area contributed by atoms with Crippen LogP contribution in [0.25, 0.3) is 0 Å². The van der Waals surface area contributed by atoms with Crippen molar-refractivity contribution in [2.75, 3.05) is 12.3 Å². The Labute approximate surface area is 207 Å². The smallest absolute Gasteiger partial charge is 0.255 e. The van der Waals surface area contributed by atoms with Crippen LogP contribution in [0, 0.1) is 17.1 Å². The molecule has 3 aromatic rings. The number of hydrogen-bond donors (Lipinski definition) is 3. The zero-order valence-corrected chi connectivity index (χ0v) is 20.1. The Bertz CT molecular complexity index is 1390. The Kier molecular flexibility index (Phi) is 7.80. The molecule has 0 aromatic heterocycles. The Morgan fingerprint density at radius 1 is 1.17 bits per heavy atom. The molecule has 1 amide bonds. The van der Waals surface area contributed by atoms with E-state index in [1.54, 1.807) is 0 Å². The summed E-state index contributed by atoms with van der Waals surface area (Å²) in [4.78, 5) is 12.8. The molecule has 0 heterocycles. The van der Waals surface area contributed by atoms with Crippen molar-refractivity contribution in [3.63, 3.8) is 0 Å². The minimum atomic E-state index is -4.07. The number of para-hydroxylation sites is 1. The maximum atomic E-state index is 13.7. The van der Waals surface area contributed by atoms with Gasteiger partial charge in [-0.05, 0) is 47.5 Å². The average Bonchev–Trinajstić information content (AvgIpc) is 2.83. The van der Waals surface area contributed by atoms with Crippen LogP contribution in [-0.2, 0) is 15.4 Å². The summed E-state index contributed by atoms with van der Waals surface area (Å²) in [5, 5.41) is 32.0. The standard InChI is InChI=1S/C25H22ClFN2O5S/c1-2-35(33,34)23(16-7-8-17(14-28)21(26)13-16)25(32,18-9-11-19(27)12-10-18)15-29-24(31)20-5-3-4-6-22(20)30/h3-13,23,30,32H,2,15H2,1H3,(H,29,31). The third-order valence-electron chi connectivity index (χ3n) is 5.62. The zero-order chi connectivity index (χ0) is 25.8. The van der Waals surface area contributed by atoms with E-state index in [4.69, 9.17) is 11.6 Å². The summed E-state index contributed by atoms with van der Waals surface area (Å²) >= 11 is 6.16.